The summed E-state index contributed by atoms with van der Waals surface area (Å²) in [5.74, 6) is -11.3. The van der Waals surface area contributed by atoms with Crippen molar-refractivity contribution in [2.45, 2.75) is 109 Å². The van der Waals surface area contributed by atoms with E-state index in [2.05, 4.69) is 21.0 Å². The Balaban J connectivity index is 1.58. The second-order valence-electron chi connectivity index (χ2n) is 13.8. The average Bonchev–Trinajstić information content (AvgIpc) is 3.68. The molecular weight excluding hydrogens is 720 g/mol. The topological polar surface area (TPSA) is 216 Å². The predicted octanol–water partition coefficient (Wildman–Crippen LogP) is 3.27. The Hall–Kier alpha value is -5.38. The van der Waals surface area contributed by atoms with Crippen LogP contribution in [0.4, 0.5) is 4.79 Å². The van der Waals surface area contributed by atoms with Crippen LogP contribution in [0.5, 0.6) is 0 Å². The van der Waals surface area contributed by atoms with E-state index in [0.29, 0.717) is 38.5 Å². The van der Waals surface area contributed by atoms with E-state index in [1.165, 1.54) is 0 Å². The fraction of sp³-hybridized carbons (Fsp3) is 0.538. The first-order chi connectivity index (χ1) is 26.3. The summed E-state index contributed by atoms with van der Waals surface area (Å²) in [4.78, 5) is 121. The van der Waals surface area contributed by atoms with E-state index in [0.717, 1.165) is 16.0 Å². The molecule has 0 saturated carbocycles. The number of nitrogens with zero attached hydrogens (tertiary/aromatic N) is 2. The number of amides is 1. The van der Waals surface area contributed by atoms with Gasteiger partial charge in [0.1, 0.15) is 24.0 Å². The highest BCUT2D eigenvalue weighted by Gasteiger charge is 2.43. The molecule has 0 radical (unpaired) electrons. The van der Waals surface area contributed by atoms with Gasteiger partial charge in [-0.15, -0.1) is 6.58 Å². The average molecular weight is 767 g/mol. The van der Waals surface area contributed by atoms with E-state index in [1.54, 1.807) is 37.5 Å². The summed E-state index contributed by atoms with van der Waals surface area (Å²) in [6, 6.07) is 2.43. The van der Waals surface area contributed by atoms with Crippen molar-refractivity contribution in [1.82, 2.24) is 9.88 Å². The quantitative estimate of drug-likeness (QED) is 0.138. The number of aromatic nitrogens is 1. The van der Waals surface area contributed by atoms with Crippen LogP contribution in [0, 0.1) is 11.8 Å². The molecule has 55 heavy (non-hydrogen) atoms. The highest BCUT2D eigenvalue weighted by atomic mass is 16.7. The molecule has 6 atom stereocenters. The summed E-state index contributed by atoms with van der Waals surface area (Å²) in [7, 11) is 0. The Bertz CT molecular complexity index is 1690. The number of ketones is 3. The fourth-order valence-corrected chi connectivity index (χ4v) is 6.62. The van der Waals surface area contributed by atoms with Crippen LogP contribution < -0.4 is 0 Å². The summed E-state index contributed by atoms with van der Waals surface area (Å²) >= 11 is 0. The van der Waals surface area contributed by atoms with Gasteiger partial charge in [0.05, 0.1) is 6.61 Å². The maximum Gasteiger partial charge on any atom is 0.516 e. The van der Waals surface area contributed by atoms with Gasteiger partial charge < -0.3 is 28.6 Å². The van der Waals surface area contributed by atoms with E-state index < -0.39 is 77.8 Å². The van der Waals surface area contributed by atoms with E-state index in [4.69, 9.17) is 14.2 Å². The molecular formula is C39H46N2O14. The van der Waals surface area contributed by atoms with Crippen molar-refractivity contribution < 1.29 is 66.8 Å². The SMILES string of the molecule is C=CCC1/C=C(\C)CCOC(=O)OC(=O)C2CC[C@@H](O2)C(=O)C(=O)C(=O)OC(=O)C(=O)N2CCCC[C@H]2C(=O)O[C@H](CCc2cccnc2)[C@H](C)CCC1=O. The number of hydrogen-bond acceptors (Lipinski definition) is 15. The number of fused-ring (bicyclic) bond motifs is 3. The largest absolute Gasteiger partial charge is 0.516 e. The first-order valence-corrected chi connectivity index (χ1v) is 18.4. The number of piperidine rings is 1. The van der Waals surface area contributed by atoms with Gasteiger partial charge in [0, 0.05) is 37.7 Å². The van der Waals surface area contributed by atoms with Crippen LogP contribution >= 0.6 is 0 Å². The monoisotopic (exact) mass is 766 g/mol. The van der Waals surface area contributed by atoms with Crippen LogP contribution in [0.3, 0.4) is 0 Å². The van der Waals surface area contributed by atoms with Gasteiger partial charge in [-0.1, -0.05) is 30.7 Å². The molecule has 16 heteroatoms. The lowest BCUT2D eigenvalue weighted by Crippen LogP contribution is -2.52. The first kappa shape index (κ1) is 42.4. The van der Waals surface area contributed by atoms with Crippen molar-refractivity contribution in [2.75, 3.05) is 13.2 Å². The summed E-state index contributed by atoms with van der Waals surface area (Å²) < 4.78 is 25.4. The van der Waals surface area contributed by atoms with Gasteiger partial charge in [-0.2, -0.15) is 0 Å². The van der Waals surface area contributed by atoms with Gasteiger partial charge in [-0.25, -0.2) is 24.0 Å². The molecule has 2 saturated heterocycles. The number of ether oxygens (including phenoxy) is 5. The van der Waals surface area contributed by atoms with Crippen LogP contribution in [0.1, 0.15) is 83.6 Å². The van der Waals surface area contributed by atoms with Crippen LogP contribution in [-0.4, -0.2) is 101 Å². The molecule has 0 N–H and O–H groups in total. The lowest BCUT2D eigenvalue weighted by molar-refractivity contribution is -0.175. The minimum atomic E-state index is -1.95. The smallest absolute Gasteiger partial charge is 0.461 e. The molecule has 2 bridgehead atoms. The molecule has 296 valence electrons. The third-order valence-electron chi connectivity index (χ3n) is 9.79. The summed E-state index contributed by atoms with van der Waals surface area (Å²) in [6.45, 7) is 7.12. The molecule has 0 aromatic carbocycles. The van der Waals surface area contributed by atoms with Crippen molar-refractivity contribution in [2.24, 2.45) is 11.8 Å². The number of carbonyl (C=O) groups excluding carboxylic acids is 9. The number of esters is 4. The summed E-state index contributed by atoms with van der Waals surface area (Å²) in [5, 5.41) is 0. The van der Waals surface area contributed by atoms with Gasteiger partial charge in [-0.05, 0) is 82.3 Å². The fourth-order valence-electron chi connectivity index (χ4n) is 6.62. The lowest BCUT2D eigenvalue weighted by Gasteiger charge is -2.35. The van der Waals surface area contributed by atoms with Gasteiger partial charge >= 0.3 is 41.7 Å². The maximum atomic E-state index is 13.8. The number of carbonyl (C=O) groups is 9. The van der Waals surface area contributed by atoms with Gasteiger partial charge in [0.25, 0.3) is 0 Å². The second kappa shape index (κ2) is 20.3. The number of pyridine rings is 1. The van der Waals surface area contributed by atoms with Gasteiger partial charge in [0.15, 0.2) is 6.10 Å². The van der Waals surface area contributed by atoms with Crippen molar-refractivity contribution >= 4 is 53.3 Å². The highest BCUT2D eigenvalue weighted by molar-refractivity contribution is 6.64. The van der Waals surface area contributed by atoms with E-state index >= 15 is 0 Å². The molecule has 0 aliphatic carbocycles. The minimum Gasteiger partial charge on any atom is -0.461 e. The Morgan fingerprint density at radius 1 is 0.909 bits per heavy atom. The molecule has 1 aromatic heterocycles. The predicted molar refractivity (Wildman–Crippen MR) is 188 cm³/mol. The first-order valence-electron chi connectivity index (χ1n) is 18.4. The third kappa shape index (κ3) is 12.1. The van der Waals surface area contributed by atoms with Gasteiger partial charge in [0.2, 0.25) is 5.78 Å². The number of allylic oxidation sites excluding steroid dienone is 2. The molecule has 1 amide bonds. The Kier molecular flexibility index (Phi) is 15.7. The summed E-state index contributed by atoms with van der Waals surface area (Å²) in [6.07, 6.45) is 4.18. The van der Waals surface area contributed by atoms with Crippen LogP contribution in [0.15, 0.2) is 48.8 Å². The molecule has 4 heterocycles. The van der Waals surface area contributed by atoms with Crippen LogP contribution in [-0.2, 0) is 68.5 Å². The van der Waals surface area contributed by atoms with Crippen molar-refractivity contribution in [1.29, 1.82) is 0 Å². The minimum absolute atomic E-state index is 0.0578. The zero-order valence-electron chi connectivity index (χ0n) is 30.9. The van der Waals surface area contributed by atoms with Crippen LogP contribution in [0.2, 0.25) is 0 Å². The van der Waals surface area contributed by atoms with E-state index in [9.17, 15) is 43.2 Å². The highest BCUT2D eigenvalue weighted by Crippen LogP contribution is 2.26. The Labute approximate surface area is 317 Å². The zero-order valence-corrected chi connectivity index (χ0v) is 30.9. The van der Waals surface area contributed by atoms with Crippen molar-refractivity contribution in [3.63, 3.8) is 0 Å². The molecule has 2 unspecified atom stereocenters. The second-order valence-corrected chi connectivity index (χ2v) is 13.8. The number of rotatable bonds is 5. The number of aryl methyl sites for hydroxylation is 1. The van der Waals surface area contributed by atoms with Crippen molar-refractivity contribution in [3.8, 4) is 0 Å². The van der Waals surface area contributed by atoms with Crippen LogP contribution in [0.25, 0.3) is 0 Å². The number of hydrogen-bond donors (Lipinski definition) is 0. The number of cyclic esters (lactones) is 6. The molecule has 0 spiro atoms. The molecule has 4 rings (SSSR count). The molecule has 1 aromatic rings. The van der Waals surface area contributed by atoms with Gasteiger partial charge in [-0.3, -0.25) is 24.2 Å². The van der Waals surface area contributed by atoms with E-state index in [-0.39, 0.29) is 57.0 Å². The normalized spacial score (nSPS) is 28.5. The molecule has 2 fully saturated rings. The maximum absolute atomic E-state index is 13.8. The Morgan fingerprint density at radius 3 is 2.40 bits per heavy atom. The zero-order chi connectivity index (χ0) is 40.1. The standard InChI is InChI=1S/C39H46N2O14/c1-4-8-26-21-23(2)17-20-51-39(50)55-36(47)31-16-15-30(52-31)32(43)33(44)37(48)54-38(49)34(45)41-19-6-5-10-27(41)35(46)53-29(24(3)11-13-28(26)42)14-12-25-9-7-18-40-22-25/h4,7,9,18,21-22,24,26-27,29-31H,1,5-6,8,10-17,19-20H2,2-3H3/b23-21+/t24-,26?,27+,29-,30-,31?/m1/s1. The third-order valence-corrected chi connectivity index (χ3v) is 9.79. The summed E-state index contributed by atoms with van der Waals surface area (Å²) in [5.41, 5.74) is 1.61. The van der Waals surface area contributed by atoms with Crippen molar-refractivity contribution in [3.05, 3.63) is 54.4 Å². The molecule has 3 aliphatic heterocycles. The Morgan fingerprint density at radius 2 is 1.67 bits per heavy atom. The van der Waals surface area contributed by atoms with E-state index in [1.807, 2.05) is 13.0 Å². The lowest BCUT2D eigenvalue weighted by atomic mass is 9.88. The number of Topliss-reactive ketones (excluding diaryl/α,β-unsaturated/α-hetero) is 3. The molecule has 3 aliphatic rings. The molecule has 16 nitrogen and oxygen atoms in total.